The summed E-state index contributed by atoms with van der Waals surface area (Å²) in [7, 11) is 0. The average Bonchev–Trinajstić information content (AvgIpc) is 3.66. The molecular formula is C56H38N2. The lowest BCUT2D eigenvalue weighted by Gasteiger charge is -2.26. The molecule has 0 saturated heterocycles. The molecule has 11 aromatic rings. The van der Waals surface area contributed by atoms with E-state index in [-0.39, 0.29) is 0 Å². The van der Waals surface area contributed by atoms with Crippen molar-refractivity contribution in [3.05, 3.63) is 231 Å². The molecule has 2 heterocycles. The lowest BCUT2D eigenvalue weighted by Crippen LogP contribution is -2.09. The highest BCUT2D eigenvalue weighted by Crippen LogP contribution is 2.45. The first-order valence-electron chi connectivity index (χ1n) is 19.9. The Balaban J connectivity index is 1.09. The molecule has 0 N–H and O–H groups in total. The second-order valence-electron chi connectivity index (χ2n) is 14.9. The van der Waals surface area contributed by atoms with Crippen LogP contribution in [-0.2, 0) is 0 Å². The van der Waals surface area contributed by atoms with Crippen molar-refractivity contribution in [2.24, 2.45) is 0 Å². The molecule has 0 aliphatic heterocycles. The highest BCUT2D eigenvalue weighted by Gasteiger charge is 2.21. The van der Waals surface area contributed by atoms with Gasteiger partial charge in [-0.3, -0.25) is 0 Å². The molecule has 0 saturated carbocycles. The third-order valence-corrected chi connectivity index (χ3v) is 11.6. The second kappa shape index (κ2) is 14.1. The molecule has 272 valence electrons. The van der Waals surface area contributed by atoms with Crippen LogP contribution in [0.2, 0.25) is 0 Å². The maximum absolute atomic E-state index is 2.52. The van der Waals surface area contributed by atoms with Crippen molar-refractivity contribution in [1.29, 1.82) is 0 Å². The van der Waals surface area contributed by atoms with Crippen LogP contribution in [0.15, 0.2) is 231 Å². The molecular weight excluding hydrogens is 701 g/mol. The predicted octanol–water partition coefficient (Wildman–Crippen LogP) is 15.5. The first kappa shape index (κ1) is 33.6. The number of aromatic nitrogens is 1. The molecule has 0 bridgehead atoms. The fraction of sp³-hybridized carbons (Fsp3) is 0. The van der Waals surface area contributed by atoms with E-state index in [1.54, 1.807) is 0 Å². The van der Waals surface area contributed by atoms with Gasteiger partial charge in [-0.2, -0.15) is 0 Å². The number of hydrogen-bond acceptors (Lipinski definition) is 1. The molecule has 0 aliphatic carbocycles. The first-order chi connectivity index (χ1) is 28.8. The van der Waals surface area contributed by atoms with Crippen molar-refractivity contribution in [2.45, 2.75) is 0 Å². The van der Waals surface area contributed by atoms with Crippen molar-refractivity contribution in [3.63, 3.8) is 0 Å². The minimum atomic E-state index is 1.09. The number of hydrogen-bond donors (Lipinski definition) is 0. The molecule has 58 heavy (non-hydrogen) atoms. The molecule has 9 aromatic carbocycles. The van der Waals surface area contributed by atoms with Gasteiger partial charge in [0, 0.05) is 44.3 Å². The largest absolute Gasteiger partial charge is 0.311 e. The Bertz CT molecular complexity index is 3140. The minimum Gasteiger partial charge on any atom is -0.311 e. The summed E-state index contributed by atoms with van der Waals surface area (Å²) in [6, 6.07) is 83.5. The van der Waals surface area contributed by atoms with E-state index in [4.69, 9.17) is 0 Å². The molecule has 2 heteroatoms. The van der Waals surface area contributed by atoms with E-state index < -0.39 is 0 Å². The third-order valence-electron chi connectivity index (χ3n) is 11.6. The topological polar surface area (TPSA) is 7.65 Å². The molecule has 0 fully saturated rings. The van der Waals surface area contributed by atoms with E-state index in [1.165, 1.54) is 82.6 Å². The molecule has 0 spiro atoms. The van der Waals surface area contributed by atoms with E-state index in [0.717, 1.165) is 17.1 Å². The van der Waals surface area contributed by atoms with Gasteiger partial charge in [0.25, 0.3) is 0 Å². The van der Waals surface area contributed by atoms with Gasteiger partial charge in [0.2, 0.25) is 0 Å². The number of nitrogens with zero attached hydrogens (tertiary/aromatic N) is 2. The van der Waals surface area contributed by atoms with Crippen LogP contribution in [0.25, 0.3) is 82.6 Å². The van der Waals surface area contributed by atoms with Crippen LogP contribution in [0.5, 0.6) is 0 Å². The highest BCUT2D eigenvalue weighted by molar-refractivity contribution is 6.23. The van der Waals surface area contributed by atoms with E-state index >= 15 is 0 Å². The molecule has 2 aromatic heterocycles. The van der Waals surface area contributed by atoms with Crippen molar-refractivity contribution < 1.29 is 0 Å². The molecule has 0 atom stereocenters. The van der Waals surface area contributed by atoms with Gasteiger partial charge < -0.3 is 9.30 Å². The van der Waals surface area contributed by atoms with Crippen LogP contribution in [0, 0.1) is 0 Å². The number of benzene rings is 9. The predicted molar refractivity (Wildman–Crippen MR) is 246 cm³/mol. The normalized spacial score (nSPS) is 11.4. The van der Waals surface area contributed by atoms with E-state index in [0.29, 0.717) is 0 Å². The summed E-state index contributed by atoms with van der Waals surface area (Å²) in [6.07, 6.45) is 0. The Morgan fingerprint density at radius 1 is 0.259 bits per heavy atom. The van der Waals surface area contributed by atoms with Gasteiger partial charge in [0.15, 0.2) is 0 Å². The number of para-hydroxylation sites is 2. The molecule has 0 aliphatic rings. The van der Waals surface area contributed by atoms with Gasteiger partial charge in [-0.05, 0) is 81.2 Å². The Labute approximate surface area is 338 Å². The van der Waals surface area contributed by atoms with Crippen LogP contribution >= 0.6 is 0 Å². The SMILES string of the molecule is c1ccc(-c2ccc(N(c3ccc(-c4ccccc4)cc3)c3ccc(-c4cccc5c6ccccc6c6c(-c7ccccc7)c7ccccc7n6c45)cc3)cc2)cc1. The molecule has 11 rings (SSSR count). The second-order valence-corrected chi connectivity index (χ2v) is 14.9. The van der Waals surface area contributed by atoms with Crippen molar-refractivity contribution >= 4 is 55.2 Å². The summed E-state index contributed by atoms with van der Waals surface area (Å²) < 4.78 is 2.52. The van der Waals surface area contributed by atoms with Gasteiger partial charge in [0.1, 0.15) is 0 Å². The van der Waals surface area contributed by atoms with E-state index in [1.807, 2.05) is 0 Å². The zero-order chi connectivity index (χ0) is 38.4. The van der Waals surface area contributed by atoms with Crippen LogP contribution in [0.4, 0.5) is 17.1 Å². The maximum Gasteiger partial charge on any atom is 0.0626 e. The molecule has 2 nitrogen and oxygen atoms in total. The van der Waals surface area contributed by atoms with Gasteiger partial charge in [-0.1, -0.05) is 188 Å². The standard InChI is InChI=1S/C56H38N2/c1-4-15-39(16-5-1)41-27-33-45(34-28-41)57(46-35-29-42(30-36-46)40-17-6-2-7-18-40)47-37-31-43(32-38-47)48-24-14-25-50-49-21-10-11-22-51(49)56-54(44-19-8-3-9-20-44)52-23-12-13-26-53(52)58(56)55(48)50/h1-38H. The first-order valence-corrected chi connectivity index (χ1v) is 19.9. The number of rotatable bonds is 7. The Morgan fingerprint density at radius 2 is 0.655 bits per heavy atom. The Kier molecular flexibility index (Phi) is 8.19. The summed E-state index contributed by atoms with van der Waals surface area (Å²) in [5.74, 6) is 0. The lowest BCUT2D eigenvalue weighted by molar-refractivity contribution is 1.28. The third kappa shape index (κ3) is 5.66. The van der Waals surface area contributed by atoms with Crippen LogP contribution in [0.1, 0.15) is 0 Å². The van der Waals surface area contributed by atoms with Crippen LogP contribution in [0.3, 0.4) is 0 Å². The van der Waals surface area contributed by atoms with Crippen molar-refractivity contribution in [2.75, 3.05) is 4.90 Å². The summed E-state index contributed by atoms with van der Waals surface area (Å²) in [6.45, 7) is 0. The molecule has 0 amide bonds. The fourth-order valence-electron chi connectivity index (χ4n) is 8.89. The van der Waals surface area contributed by atoms with E-state index in [2.05, 4.69) is 240 Å². The Morgan fingerprint density at radius 3 is 1.21 bits per heavy atom. The van der Waals surface area contributed by atoms with Crippen molar-refractivity contribution in [1.82, 2.24) is 4.40 Å². The van der Waals surface area contributed by atoms with Crippen LogP contribution in [-0.4, -0.2) is 4.40 Å². The average molecular weight is 739 g/mol. The van der Waals surface area contributed by atoms with Gasteiger partial charge in [-0.25, -0.2) is 0 Å². The fourth-order valence-corrected chi connectivity index (χ4v) is 8.89. The zero-order valence-electron chi connectivity index (χ0n) is 31.8. The monoisotopic (exact) mass is 738 g/mol. The van der Waals surface area contributed by atoms with Crippen LogP contribution < -0.4 is 4.90 Å². The summed E-state index contributed by atoms with van der Waals surface area (Å²) in [5.41, 5.74) is 16.6. The number of pyridine rings is 1. The van der Waals surface area contributed by atoms with E-state index in [9.17, 15) is 0 Å². The minimum absolute atomic E-state index is 1.09. The maximum atomic E-state index is 2.52. The van der Waals surface area contributed by atoms with Gasteiger partial charge in [-0.15, -0.1) is 0 Å². The Hall–Kier alpha value is -7.68. The number of fused-ring (bicyclic) bond motifs is 8. The van der Waals surface area contributed by atoms with Gasteiger partial charge >= 0.3 is 0 Å². The van der Waals surface area contributed by atoms with Crippen molar-refractivity contribution in [3.8, 4) is 44.5 Å². The smallest absolute Gasteiger partial charge is 0.0626 e. The summed E-state index contributed by atoms with van der Waals surface area (Å²) >= 11 is 0. The summed E-state index contributed by atoms with van der Waals surface area (Å²) in [4.78, 5) is 2.35. The molecule has 0 radical (unpaired) electrons. The molecule has 0 unspecified atom stereocenters. The highest BCUT2D eigenvalue weighted by atomic mass is 15.1. The lowest BCUT2D eigenvalue weighted by atomic mass is 9.96. The summed E-state index contributed by atoms with van der Waals surface area (Å²) in [5, 5.41) is 5.00. The zero-order valence-corrected chi connectivity index (χ0v) is 31.8. The van der Waals surface area contributed by atoms with Gasteiger partial charge in [0.05, 0.1) is 16.6 Å². The number of anilines is 3. The quantitative estimate of drug-likeness (QED) is 0.148.